The van der Waals surface area contributed by atoms with Crippen LogP contribution in [-0.2, 0) is 11.2 Å². The number of alkyl halides is 1. The molecule has 1 amide bonds. The van der Waals surface area contributed by atoms with Gasteiger partial charge in [0, 0.05) is 23.2 Å². The van der Waals surface area contributed by atoms with E-state index < -0.39 is 5.41 Å². The first-order chi connectivity index (χ1) is 9.71. The molecule has 1 aromatic rings. The standard InChI is InChI=1S/C17H22BrNO2/c1-11(18)15(20)13-7-8-14-12(10-13)6-5-9-19(14)16(21)17(2,3)4/h7-8,10-11H,5-6,9H2,1-4H3. The first kappa shape index (κ1) is 16.2. The number of ketones is 1. The van der Waals surface area contributed by atoms with Gasteiger partial charge in [-0.25, -0.2) is 0 Å². The van der Waals surface area contributed by atoms with E-state index in [4.69, 9.17) is 0 Å². The number of rotatable bonds is 2. The molecule has 1 unspecified atom stereocenters. The lowest BCUT2D eigenvalue weighted by atomic mass is 9.91. The molecule has 21 heavy (non-hydrogen) atoms. The average Bonchev–Trinajstić information content (AvgIpc) is 2.43. The summed E-state index contributed by atoms with van der Waals surface area (Å²) < 4.78 is 0. The highest BCUT2D eigenvalue weighted by Crippen LogP contribution is 2.32. The molecule has 3 nitrogen and oxygen atoms in total. The van der Waals surface area contributed by atoms with Gasteiger partial charge in [0.1, 0.15) is 0 Å². The Balaban J connectivity index is 2.37. The number of aryl methyl sites for hydroxylation is 1. The van der Waals surface area contributed by atoms with Gasteiger partial charge < -0.3 is 4.90 Å². The van der Waals surface area contributed by atoms with Gasteiger partial charge in [0.05, 0.1) is 4.83 Å². The van der Waals surface area contributed by atoms with E-state index in [1.165, 1.54) is 0 Å². The van der Waals surface area contributed by atoms with Crippen molar-refractivity contribution >= 4 is 33.3 Å². The number of fused-ring (bicyclic) bond motifs is 1. The second-order valence-corrected chi connectivity index (χ2v) is 8.01. The highest BCUT2D eigenvalue weighted by molar-refractivity contribution is 9.10. The van der Waals surface area contributed by atoms with E-state index in [0.717, 1.165) is 30.6 Å². The zero-order valence-electron chi connectivity index (χ0n) is 13.1. The van der Waals surface area contributed by atoms with Crippen molar-refractivity contribution in [1.82, 2.24) is 0 Å². The van der Waals surface area contributed by atoms with Gasteiger partial charge in [0.15, 0.2) is 5.78 Å². The second kappa shape index (κ2) is 5.91. The fourth-order valence-corrected chi connectivity index (χ4v) is 2.86. The summed E-state index contributed by atoms with van der Waals surface area (Å²) in [4.78, 5) is 26.3. The van der Waals surface area contributed by atoms with E-state index in [1.54, 1.807) is 0 Å². The number of hydrogen-bond acceptors (Lipinski definition) is 2. The summed E-state index contributed by atoms with van der Waals surface area (Å²) >= 11 is 3.32. The highest BCUT2D eigenvalue weighted by atomic mass is 79.9. The number of halogens is 1. The monoisotopic (exact) mass is 351 g/mol. The van der Waals surface area contributed by atoms with E-state index in [1.807, 2.05) is 50.8 Å². The summed E-state index contributed by atoms with van der Waals surface area (Å²) in [5, 5.41) is 0. The number of carbonyl (C=O) groups is 2. The molecule has 4 heteroatoms. The van der Waals surface area contributed by atoms with Crippen LogP contribution in [0.2, 0.25) is 0 Å². The zero-order chi connectivity index (χ0) is 15.8. The van der Waals surface area contributed by atoms with Crippen molar-refractivity contribution in [2.75, 3.05) is 11.4 Å². The Bertz CT molecular complexity index is 573. The largest absolute Gasteiger partial charge is 0.312 e. The van der Waals surface area contributed by atoms with Crippen LogP contribution in [-0.4, -0.2) is 23.1 Å². The highest BCUT2D eigenvalue weighted by Gasteiger charge is 2.31. The lowest BCUT2D eigenvalue weighted by Gasteiger charge is -2.34. The van der Waals surface area contributed by atoms with Crippen molar-refractivity contribution in [1.29, 1.82) is 0 Å². The van der Waals surface area contributed by atoms with Crippen LogP contribution in [0.25, 0.3) is 0 Å². The predicted molar refractivity (Wildman–Crippen MR) is 89.3 cm³/mol. The molecule has 1 aliphatic heterocycles. The average molecular weight is 352 g/mol. The summed E-state index contributed by atoms with van der Waals surface area (Å²) in [6.07, 6.45) is 1.86. The lowest BCUT2D eigenvalue weighted by molar-refractivity contribution is -0.125. The molecule has 1 atom stereocenters. The fourth-order valence-electron chi connectivity index (χ4n) is 2.60. The third-order valence-corrected chi connectivity index (χ3v) is 4.15. The van der Waals surface area contributed by atoms with Gasteiger partial charge in [-0.05, 0) is 43.5 Å². The normalized spacial score (nSPS) is 16.3. The fraction of sp³-hybridized carbons (Fsp3) is 0.529. The molecule has 1 aromatic carbocycles. The topological polar surface area (TPSA) is 37.4 Å². The number of nitrogens with zero attached hydrogens (tertiary/aromatic N) is 1. The Morgan fingerprint density at radius 2 is 1.95 bits per heavy atom. The van der Waals surface area contributed by atoms with Gasteiger partial charge in [-0.2, -0.15) is 0 Å². The van der Waals surface area contributed by atoms with Crippen molar-refractivity contribution in [3.05, 3.63) is 29.3 Å². The maximum Gasteiger partial charge on any atom is 0.232 e. The molecule has 0 spiro atoms. The van der Waals surface area contributed by atoms with Crippen LogP contribution in [0.4, 0.5) is 5.69 Å². The zero-order valence-corrected chi connectivity index (χ0v) is 14.7. The van der Waals surface area contributed by atoms with Gasteiger partial charge in [-0.3, -0.25) is 9.59 Å². The molecule has 1 aliphatic rings. The van der Waals surface area contributed by atoms with Crippen molar-refractivity contribution in [2.45, 2.75) is 45.4 Å². The van der Waals surface area contributed by atoms with Gasteiger partial charge in [-0.15, -0.1) is 0 Å². The molecular formula is C17H22BrNO2. The lowest BCUT2D eigenvalue weighted by Crippen LogP contribution is -2.42. The Labute approximate surface area is 134 Å². The molecule has 0 fully saturated rings. The number of amides is 1. The third-order valence-electron chi connectivity index (χ3n) is 3.73. The molecule has 0 saturated carbocycles. The van der Waals surface area contributed by atoms with Crippen molar-refractivity contribution in [3.63, 3.8) is 0 Å². The molecule has 2 rings (SSSR count). The maximum absolute atomic E-state index is 12.6. The number of benzene rings is 1. The maximum atomic E-state index is 12.6. The Kier molecular flexibility index (Phi) is 4.57. The molecule has 0 bridgehead atoms. The summed E-state index contributed by atoms with van der Waals surface area (Å²) in [5.41, 5.74) is 2.37. The van der Waals surface area contributed by atoms with E-state index in [-0.39, 0.29) is 16.5 Å². The minimum atomic E-state index is -0.395. The first-order valence-corrected chi connectivity index (χ1v) is 8.26. The van der Waals surface area contributed by atoms with E-state index in [2.05, 4.69) is 15.9 Å². The molecule has 114 valence electrons. The van der Waals surface area contributed by atoms with Gasteiger partial charge in [0.2, 0.25) is 5.91 Å². The number of anilines is 1. The van der Waals surface area contributed by atoms with Crippen LogP contribution in [0.5, 0.6) is 0 Å². The third kappa shape index (κ3) is 3.37. The quantitative estimate of drug-likeness (QED) is 0.596. The number of carbonyl (C=O) groups excluding carboxylic acids is 2. The van der Waals surface area contributed by atoms with Crippen molar-refractivity contribution in [3.8, 4) is 0 Å². The number of hydrogen-bond donors (Lipinski definition) is 0. The van der Waals surface area contributed by atoms with Crippen LogP contribution in [0.3, 0.4) is 0 Å². The Morgan fingerprint density at radius 1 is 1.29 bits per heavy atom. The molecule has 0 aliphatic carbocycles. The van der Waals surface area contributed by atoms with E-state index in [9.17, 15) is 9.59 Å². The molecular weight excluding hydrogens is 330 g/mol. The molecule has 1 heterocycles. The summed E-state index contributed by atoms with van der Waals surface area (Å²) in [5.74, 6) is 0.216. The molecule has 0 saturated heterocycles. The summed E-state index contributed by atoms with van der Waals surface area (Å²) in [7, 11) is 0. The van der Waals surface area contributed by atoms with E-state index in [0.29, 0.717) is 5.56 Å². The van der Waals surface area contributed by atoms with Crippen molar-refractivity contribution < 1.29 is 9.59 Å². The number of Topliss-reactive ketones (excluding diaryl/α,β-unsaturated/α-hetero) is 1. The van der Waals surface area contributed by atoms with Gasteiger partial charge >= 0.3 is 0 Å². The van der Waals surface area contributed by atoms with Crippen LogP contribution < -0.4 is 4.90 Å². The minimum Gasteiger partial charge on any atom is -0.312 e. The minimum absolute atomic E-state index is 0.0806. The SMILES string of the molecule is CC(Br)C(=O)c1ccc2c(c1)CCCN2C(=O)C(C)(C)C. The van der Waals surface area contributed by atoms with Crippen molar-refractivity contribution in [2.24, 2.45) is 5.41 Å². The Morgan fingerprint density at radius 3 is 2.52 bits per heavy atom. The van der Waals surface area contributed by atoms with Crippen LogP contribution in [0, 0.1) is 5.41 Å². The summed E-state index contributed by atoms with van der Waals surface area (Å²) in [6.45, 7) is 8.40. The summed E-state index contributed by atoms with van der Waals surface area (Å²) in [6, 6.07) is 5.69. The van der Waals surface area contributed by atoms with Gasteiger partial charge in [0.25, 0.3) is 0 Å². The second-order valence-electron chi connectivity index (χ2n) is 6.63. The Hall–Kier alpha value is -1.16. The predicted octanol–water partition coefficient (Wildman–Crippen LogP) is 3.98. The molecule has 0 N–H and O–H groups in total. The van der Waals surface area contributed by atoms with E-state index >= 15 is 0 Å². The first-order valence-electron chi connectivity index (χ1n) is 7.35. The molecule has 0 radical (unpaired) electrons. The van der Waals surface area contributed by atoms with Gasteiger partial charge in [-0.1, -0.05) is 36.7 Å². The molecule has 0 aromatic heterocycles. The van der Waals surface area contributed by atoms with Crippen LogP contribution in [0.15, 0.2) is 18.2 Å². The smallest absolute Gasteiger partial charge is 0.232 e. The van der Waals surface area contributed by atoms with Crippen LogP contribution >= 0.6 is 15.9 Å². The van der Waals surface area contributed by atoms with Crippen LogP contribution in [0.1, 0.15) is 50.0 Å².